The number of nitrogens with two attached hydrogens (primary N) is 1. The Balaban J connectivity index is 2.95. The molecule has 1 rings (SSSR count). The topological polar surface area (TPSA) is 55.1 Å². The SMILES string of the molecule is C/C=C/CNc1cccc(Br)c1C(N)=O. The van der Waals surface area contributed by atoms with Crippen LogP contribution in [-0.2, 0) is 0 Å². The molecule has 0 aromatic heterocycles. The molecule has 1 aromatic rings. The van der Waals surface area contributed by atoms with Gasteiger partial charge in [0.25, 0.3) is 5.91 Å². The molecule has 0 aliphatic carbocycles. The first kappa shape index (κ1) is 11.8. The van der Waals surface area contributed by atoms with Gasteiger partial charge in [-0.15, -0.1) is 0 Å². The minimum Gasteiger partial charge on any atom is -0.381 e. The van der Waals surface area contributed by atoms with Gasteiger partial charge in [0.2, 0.25) is 0 Å². The van der Waals surface area contributed by atoms with E-state index in [0.717, 1.165) is 5.69 Å². The van der Waals surface area contributed by atoms with Crippen LogP contribution in [0.2, 0.25) is 0 Å². The van der Waals surface area contributed by atoms with Gasteiger partial charge in [0.15, 0.2) is 0 Å². The Morgan fingerprint density at radius 2 is 2.33 bits per heavy atom. The molecular formula is C11H13BrN2O. The Bertz CT molecular complexity index is 388. The fourth-order valence-corrected chi connectivity index (χ4v) is 1.77. The number of benzene rings is 1. The van der Waals surface area contributed by atoms with Gasteiger partial charge in [0.1, 0.15) is 0 Å². The molecule has 3 nitrogen and oxygen atoms in total. The summed E-state index contributed by atoms with van der Waals surface area (Å²) in [4.78, 5) is 11.2. The Hall–Kier alpha value is -1.29. The van der Waals surface area contributed by atoms with E-state index in [0.29, 0.717) is 16.6 Å². The minimum atomic E-state index is -0.439. The third-order valence-electron chi connectivity index (χ3n) is 1.91. The van der Waals surface area contributed by atoms with E-state index >= 15 is 0 Å². The van der Waals surface area contributed by atoms with Crippen molar-refractivity contribution in [2.45, 2.75) is 6.92 Å². The van der Waals surface area contributed by atoms with Crippen molar-refractivity contribution in [3.8, 4) is 0 Å². The molecule has 15 heavy (non-hydrogen) atoms. The zero-order chi connectivity index (χ0) is 11.3. The third-order valence-corrected chi connectivity index (χ3v) is 2.57. The molecule has 0 saturated heterocycles. The van der Waals surface area contributed by atoms with Crippen molar-refractivity contribution >= 4 is 27.5 Å². The lowest BCUT2D eigenvalue weighted by atomic mass is 10.1. The number of hydrogen-bond acceptors (Lipinski definition) is 2. The summed E-state index contributed by atoms with van der Waals surface area (Å²) >= 11 is 3.30. The Morgan fingerprint density at radius 1 is 1.60 bits per heavy atom. The molecule has 0 heterocycles. The van der Waals surface area contributed by atoms with Gasteiger partial charge in [-0.1, -0.05) is 18.2 Å². The Kier molecular flexibility index (Phi) is 4.37. The second kappa shape index (κ2) is 5.56. The van der Waals surface area contributed by atoms with Crippen molar-refractivity contribution in [2.75, 3.05) is 11.9 Å². The zero-order valence-electron chi connectivity index (χ0n) is 8.46. The van der Waals surface area contributed by atoms with E-state index in [1.165, 1.54) is 0 Å². The average molecular weight is 269 g/mol. The number of allylic oxidation sites excluding steroid dienone is 1. The van der Waals surface area contributed by atoms with Crippen molar-refractivity contribution in [1.82, 2.24) is 0 Å². The maximum absolute atomic E-state index is 11.2. The fraction of sp³-hybridized carbons (Fsp3) is 0.182. The van der Waals surface area contributed by atoms with Crippen LogP contribution in [0.5, 0.6) is 0 Å². The summed E-state index contributed by atoms with van der Waals surface area (Å²) in [5.74, 6) is -0.439. The number of rotatable bonds is 4. The molecule has 4 heteroatoms. The summed E-state index contributed by atoms with van der Waals surface area (Å²) in [6.45, 7) is 2.62. The van der Waals surface area contributed by atoms with Gasteiger partial charge in [0, 0.05) is 16.7 Å². The molecule has 0 aliphatic rings. The van der Waals surface area contributed by atoms with Crippen LogP contribution in [0.3, 0.4) is 0 Å². The zero-order valence-corrected chi connectivity index (χ0v) is 10.0. The van der Waals surface area contributed by atoms with Crippen molar-refractivity contribution in [3.63, 3.8) is 0 Å². The monoisotopic (exact) mass is 268 g/mol. The van der Waals surface area contributed by atoms with E-state index in [1.807, 2.05) is 31.2 Å². The van der Waals surface area contributed by atoms with Crippen LogP contribution in [0.15, 0.2) is 34.8 Å². The smallest absolute Gasteiger partial charge is 0.251 e. The standard InChI is InChI=1S/C11H13BrN2O/c1-2-3-7-14-9-6-4-5-8(12)10(9)11(13)15/h2-6,14H,7H2,1H3,(H2,13,15)/b3-2+. The molecular weight excluding hydrogens is 256 g/mol. The van der Waals surface area contributed by atoms with E-state index in [2.05, 4.69) is 21.2 Å². The summed E-state index contributed by atoms with van der Waals surface area (Å²) in [5, 5.41) is 3.12. The van der Waals surface area contributed by atoms with Gasteiger partial charge >= 0.3 is 0 Å². The molecule has 0 aliphatic heterocycles. The predicted octanol–water partition coefficient (Wildman–Crippen LogP) is 2.54. The maximum Gasteiger partial charge on any atom is 0.251 e. The number of primary amides is 1. The van der Waals surface area contributed by atoms with Crippen molar-refractivity contribution in [2.24, 2.45) is 5.73 Å². The molecule has 1 aromatic carbocycles. The normalized spacial score (nSPS) is 10.5. The molecule has 0 saturated carbocycles. The van der Waals surface area contributed by atoms with Gasteiger partial charge in [0.05, 0.1) is 5.56 Å². The largest absolute Gasteiger partial charge is 0.381 e. The van der Waals surface area contributed by atoms with E-state index in [-0.39, 0.29) is 0 Å². The maximum atomic E-state index is 11.2. The summed E-state index contributed by atoms with van der Waals surface area (Å²) in [5.41, 5.74) is 6.53. The van der Waals surface area contributed by atoms with Crippen LogP contribution in [0.25, 0.3) is 0 Å². The number of carbonyl (C=O) groups excluding carboxylic acids is 1. The molecule has 3 N–H and O–H groups in total. The lowest BCUT2D eigenvalue weighted by Gasteiger charge is -2.09. The number of nitrogens with one attached hydrogen (secondary N) is 1. The van der Waals surface area contributed by atoms with Crippen molar-refractivity contribution in [1.29, 1.82) is 0 Å². The summed E-state index contributed by atoms with van der Waals surface area (Å²) < 4.78 is 0.709. The second-order valence-electron chi connectivity index (χ2n) is 2.98. The molecule has 0 radical (unpaired) electrons. The van der Waals surface area contributed by atoms with Crippen LogP contribution in [0, 0.1) is 0 Å². The van der Waals surface area contributed by atoms with Crippen molar-refractivity contribution < 1.29 is 4.79 Å². The third kappa shape index (κ3) is 3.09. The van der Waals surface area contributed by atoms with E-state index < -0.39 is 5.91 Å². The number of amides is 1. The first-order valence-corrected chi connectivity index (χ1v) is 5.39. The fourth-order valence-electron chi connectivity index (χ4n) is 1.21. The minimum absolute atomic E-state index is 0.439. The number of carbonyl (C=O) groups is 1. The van der Waals surface area contributed by atoms with Gasteiger partial charge in [-0.05, 0) is 35.0 Å². The Labute approximate surface area is 97.5 Å². The molecule has 1 amide bonds. The quantitative estimate of drug-likeness (QED) is 0.825. The van der Waals surface area contributed by atoms with Gasteiger partial charge in [-0.3, -0.25) is 4.79 Å². The van der Waals surface area contributed by atoms with Crippen molar-refractivity contribution in [3.05, 3.63) is 40.4 Å². The molecule has 80 valence electrons. The molecule has 0 unspecified atom stereocenters. The highest BCUT2D eigenvalue weighted by Crippen LogP contribution is 2.23. The first-order valence-electron chi connectivity index (χ1n) is 4.60. The number of halogens is 1. The van der Waals surface area contributed by atoms with E-state index in [9.17, 15) is 4.79 Å². The van der Waals surface area contributed by atoms with Gasteiger partial charge in [-0.2, -0.15) is 0 Å². The van der Waals surface area contributed by atoms with Gasteiger partial charge in [-0.25, -0.2) is 0 Å². The molecule has 0 fully saturated rings. The highest BCUT2D eigenvalue weighted by atomic mass is 79.9. The van der Waals surface area contributed by atoms with Crippen LogP contribution in [-0.4, -0.2) is 12.5 Å². The van der Waals surface area contributed by atoms with Crippen LogP contribution in [0.4, 0.5) is 5.69 Å². The first-order chi connectivity index (χ1) is 7.16. The average Bonchev–Trinajstić information content (AvgIpc) is 2.17. The van der Waals surface area contributed by atoms with Crippen LogP contribution < -0.4 is 11.1 Å². The second-order valence-corrected chi connectivity index (χ2v) is 3.83. The Morgan fingerprint density at radius 3 is 2.93 bits per heavy atom. The lowest BCUT2D eigenvalue weighted by molar-refractivity contribution is 0.100. The van der Waals surface area contributed by atoms with Gasteiger partial charge < -0.3 is 11.1 Å². The summed E-state index contributed by atoms with van der Waals surface area (Å²) in [6, 6.07) is 5.48. The molecule has 0 spiro atoms. The predicted molar refractivity (Wildman–Crippen MR) is 66.0 cm³/mol. The lowest BCUT2D eigenvalue weighted by Crippen LogP contribution is -2.15. The molecule has 0 bridgehead atoms. The summed E-state index contributed by atoms with van der Waals surface area (Å²) in [7, 11) is 0. The number of anilines is 1. The van der Waals surface area contributed by atoms with Crippen LogP contribution in [0.1, 0.15) is 17.3 Å². The molecule has 0 atom stereocenters. The highest BCUT2D eigenvalue weighted by molar-refractivity contribution is 9.10. The summed E-state index contributed by atoms with van der Waals surface area (Å²) in [6.07, 6.45) is 3.90. The number of hydrogen-bond donors (Lipinski definition) is 2. The van der Waals surface area contributed by atoms with Crippen LogP contribution >= 0.6 is 15.9 Å². The van der Waals surface area contributed by atoms with E-state index in [4.69, 9.17) is 5.73 Å². The van der Waals surface area contributed by atoms with E-state index in [1.54, 1.807) is 6.07 Å². The highest BCUT2D eigenvalue weighted by Gasteiger charge is 2.10.